The van der Waals surface area contributed by atoms with E-state index in [9.17, 15) is 4.79 Å². The van der Waals surface area contributed by atoms with Crippen LogP contribution in [0.4, 0.5) is 0 Å². The summed E-state index contributed by atoms with van der Waals surface area (Å²) in [5.74, 6) is 1.94. The fourth-order valence-corrected chi connectivity index (χ4v) is 3.42. The van der Waals surface area contributed by atoms with Crippen molar-refractivity contribution < 1.29 is 14.3 Å². The number of hydrogen-bond acceptors (Lipinski definition) is 3. The van der Waals surface area contributed by atoms with Gasteiger partial charge in [-0.1, -0.05) is 29.8 Å². The fourth-order valence-electron chi connectivity index (χ4n) is 3.16. The minimum Gasteiger partial charge on any atom is -0.501 e. The van der Waals surface area contributed by atoms with Crippen LogP contribution in [0.3, 0.4) is 0 Å². The van der Waals surface area contributed by atoms with Crippen LogP contribution >= 0.6 is 11.6 Å². The Kier molecular flexibility index (Phi) is 4.58. The highest BCUT2D eigenvalue weighted by atomic mass is 35.5. The number of hydrogen-bond donors (Lipinski definition) is 0. The molecule has 2 aliphatic rings. The molecule has 2 aliphatic carbocycles. The van der Waals surface area contributed by atoms with Crippen molar-refractivity contribution in [3.63, 3.8) is 0 Å². The van der Waals surface area contributed by atoms with Crippen LogP contribution in [0.5, 0.6) is 5.75 Å². The van der Waals surface area contributed by atoms with Gasteiger partial charge in [0.05, 0.1) is 25.0 Å². The van der Waals surface area contributed by atoms with Crippen LogP contribution in [-0.4, -0.2) is 20.0 Å². The average molecular weight is 331 g/mol. The van der Waals surface area contributed by atoms with Gasteiger partial charge in [-0.3, -0.25) is 4.79 Å². The molecule has 1 fully saturated rings. The molecule has 120 valence electrons. The van der Waals surface area contributed by atoms with Crippen LogP contribution in [0, 0.1) is 5.92 Å². The molecule has 0 saturated heterocycles. The van der Waals surface area contributed by atoms with Crippen LogP contribution in [0.1, 0.15) is 24.8 Å². The van der Waals surface area contributed by atoms with E-state index in [1.54, 1.807) is 14.2 Å². The van der Waals surface area contributed by atoms with Crippen molar-refractivity contribution in [2.75, 3.05) is 14.2 Å². The highest BCUT2D eigenvalue weighted by molar-refractivity contribution is 6.33. The summed E-state index contributed by atoms with van der Waals surface area (Å²) in [5, 5.41) is 0.539. The number of ether oxygens (including phenoxy) is 2. The van der Waals surface area contributed by atoms with E-state index in [1.165, 1.54) is 0 Å². The van der Waals surface area contributed by atoms with Gasteiger partial charge in [-0.25, -0.2) is 0 Å². The van der Waals surface area contributed by atoms with Gasteiger partial charge in [-0.05, 0) is 42.5 Å². The lowest BCUT2D eigenvalue weighted by Gasteiger charge is -2.29. The summed E-state index contributed by atoms with van der Waals surface area (Å²) in [7, 11) is 3.26. The molecule has 1 saturated carbocycles. The lowest BCUT2D eigenvalue weighted by Crippen LogP contribution is -2.23. The topological polar surface area (TPSA) is 35.5 Å². The number of Topliss-reactive ketones (excluding diaryl/α,β-unsaturated/α-hetero) is 1. The molecule has 0 heterocycles. The zero-order valence-electron chi connectivity index (χ0n) is 13.3. The summed E-state index contributed by atoms with van der Waals surface area (Å²) < 4.78 is 10.5. The number of halogens is 1. The molecule has 3 nitrogen and oxygen atoms in total. The van der Waals surface area contributed by atoms with E-state index >= 15 is 0 Å². The van der Waals surface area contributed by atoms with Crippen molar-refractivity contribution in [3.05, 3.63) is 57.8 Å². The molecule has 0 bridgehead atoms. The third kappa shape index (κ3) is 3.06. The SMILES string of the molecule is COC1=CC=C2C(=O)C(=Cc3cccc(OC)c3Cl)CCC2C1. The Morgan fingerprint density at radius 3 is 2.78 bits per heavy atom. The summed E-state index contributed by atoms with van der Waals surface area (Å²) >= 11 is 6.33. The Bertz CT molecular complexity index is 728. The van der Waals surface area contributed by atoms with Crippen LogP contribution in [0.25, 0.3) is 6.08 Å². The molecule has 3 rings (SSSR count). The lowest BCUT2D eigenvalue weighted by atomic mass is 9.76. The predicted molar refractivity (Wildman–Crippen MR) is 91.5 cm³/mol. The van der Waals surface area contributed by atoms with Gasteiger partial charge in [-0.15, -0.1) is 0 Å². The quantitative estimate of drug-likeness (QED) is 0.761. The van der Waals surface area contributed by atoms with Gasteiger partial charge in [0.1, 0.15) is 5.75 Å². The molecule has 1 aromatic rings. The van der Waals surface area contributed by atoms with E-state index in [-0.39, 0.29) is 11.7 Å². The molecular formula is C19H19ClO3. The number of ketones is 1. The molecule has 1 aromatic carbocycles. The number of rotatable bonds is 3. The molecule has 0 amide bonds. The second-order valence-corrected chi connectivity index (χ2v) is 6.14. The van der Waals surface area contributed by atoms with E-state index in [0.717, 1.165) is 41.7 Å². The number of fused-ring (bicyclic) bond motifs is 1. The van der Waals surface area contributed by atoms with Crippen molar-refractivity contribution in [1.82, 2.24) is 0 Å². The van der Waals surface area contributed by atoms with Crippen molar-refractivity contribution in [3.8, 4) is 5.75 Å². The van der Waals surface area contributed by atoms with Crippen LogP contribution in [0.15, 0.2) is 47.3 Å². The van der Waals surface area contributed by atoms with Gasteiger partial charge >= 0.3 is 0 Å². The Morgan fingerprint density at radius 2 is 2.04 bits per heavy atom. The summed E-state index contributed by atoms with van der Waals surface area (Å²) in [6.07, 6.45) is 8.19. The second-order valence-electron chi connectivity index (χ2n) is 5.76. The number of allylic oxidation sites excluding steroid dienone is 5. The van der Waals surface area contributed by atoms with Crippen molar-refractivity contribution in [2.24, 2.45) is 5.92 Å². The summed E-state index contributed by atoms with van der Waals surface area (Å²) in [6.45, 7) is 0. The Balaban J connectivity index is 1.92. The average Bonchev–Trinajstić information content (AvgIpc) is 2.58. The number of benzene rings is 1. The molecule has 1 atom stereocenters. The Labute approximate surface area is 141 Å². The zero-order valence-corrected chi connectivity index (χ0v) is 14.0. The third-order valence-electron chi connectivity index (χ3n) is 4.46. The van der Waals surface area contributed by atoms with Gasteiger partial charge in [0.25, 0.3) is 0 Å². The zero-order chi connectivity index (χ0) is 16.4. The summed E-state index contributed by atoms with van der Waals surface area (Å²) in [4.78, 5) is 12.7. The molecule has 0 spiro atoms. The third-order valence-corrected chi connectivity index (χ3v) is 4.86. The molecular weight excluding hydrogens is 312 g/mol. The van der Waals surface area contributed by atoms with E-state index in [2.05, 4.69) is 0 Å². The molecule has 0 N–H and O–H groups in total. The Morgan fingerprint density at radius 1 is 1.22 bits per heavy atom. The molecule has 0 radical (unpaired) electrons. The van der Waals surface area contributed by atoms with E-state index in [4.69, 9.17) is 21.1 Å². The molecule has 0 aromatic heterocycles. The van der Waals surface area contributed by atoms with Crippen LogP contribution in [-0.2, 0) is 9.53 Å². The van der Waals surface area contributed by atoms with Gasteiger partial charge in [-0.2, -0.15) is 0 Å². The van der Waals surface area contributed by atoms with Gasteiger partial charge in [0.2, 0.25) is 0 Å². The lowest BCUT2D eigenvalue weighted by molar-refractivity contribution is -0.113. The van der Waals surface area contributed by atoms with Crippen LogP contribution < -0.4 is 4.74 Å². The first kappa shape index (κ1) is 15.9. The fraction of sp³-hybridized carbons (Fsp3) is 0.316. The number of carbonyl (C=O) groups excluding carboxylic acids is 1. The normalized spacial score (nSPS) is 22.3. The van der Waals surface area contributed by atoms with Crippen molar-refractivity contribution in [1.29, 1.82) is 0 Å². The first-order valence-corrected chi connectivity index (χ1v) is 8.04. The first-order valence-electron chi connectivity index (χ1n) is 7.66. The van der Waals surface area contributed by atoms with Gasteiger partial charge < -0.3 is 9.47 Å². The summed E-state index contributed by atoms with van der Waals surface area (Å²) in [6, 6.07) is 5.58. The maximum atomic E-state index is 12.7. The number of methoxy groups -OCH3 is 2. The monoisotopic (exact) mass is 330 g/mol. The second kappa shape index (κ2) is 6.63. The maximum Gasteiger partial charge on any atom is 0.185 e. The van der Waals surface area contributed by atoms with Gasteiger partial charge in [0.15, 0.2) is 5.78 Å². The van der Waals surface area contributed by atoms with E-state index in [0.29, 0.717) is 10.8 Å². The largest absolute Gasteiger partial charge is 0.501 e. The summed E-state index contributed by atoms with van der Waals surface area (Å²) in [5.41, 5.74) is 2.50. The van der Waals surface area contributed by atoms with Gasteiger partial charge in [0, 0.05) is 17.6 Å². The van der Waals surface area contributed by atoms with Crippen molar-refractivity contribution >= 4 is 23.5 Å². The standard InChI is InChI=1S/C19H19ClO3/c1-22-15-8-9-16-12(11-15)6-7-14(19(16)21)10-13-4-3-5-17(23-2)18(13)20/h3-5,8-10,12H,6-7,11H2,1-2H3. The van der Waals surface area contributed by atoms with E-state index < -0.39 is 0 Å². The predicted octanol–water partition coefficient (Wildman–Crippen LogP) is 4.57. The molecule has 1 unspecified atom stereocenters. The Hall–Kier alpha value is -2.00. The molecule has 0 aliphatic heterocycles. The highest BCUT2D eigenvalue weighted by Crippen LogP contribution is 2.38. The smallest absolute Gasteiger partial charge is 0.185 e. The molecule has 23 heavy (non-hydrogen) atoms. The first-order chi connectivity index (χ1) is 11.1. The van der Waals surface area contributed by atoms with E-state index in [1.807, 2.05) is 36.4 Å². The molecule has 4 heteroatoms. The van der Waals surface area contributed by atoms with Crippen molar-refractivity contribution in [2.45, 2.75) is 19.3 Å². The maximum absolute atomic E-state index is 12.7. The minimum absolute atomic E-state index is 0.117. The number of carbonyl (C=O) groups is 1. The van der Waals surface area contributed by atoms with Crippen LogP contribution in [0.2, 0.25) is 5.02 Å². The highest BCUT2D eigenvalue weighted by Gasteiger charge is 2.31. The minimum atomic E-state index is 0.117.